The van der Waals surface area contributed by atoms with Gasteiger partial charge in [0, 0.05) is 36.9 Å². The van der Waals surface area contributed by atoms with E-state index in [0.717, 1.165) is 12.8 Å². The Morgan fingerprint density at radius 3 is 2.56 bits per heavy atom. The second kappa shape index (κ2) is 5.79. The van der Waals surface area contributed by atoms with Gasteiger partial charge < -0.3 is 20.3 Å². The van der Waals surface area contributed by atoms with Crippen molar-refractivity contribution in [2.45, 2.75) is 45.7 Å². The number of benzene rings is 1. The number of carbonyl (C=O) groups is 1. The highest BCUT2D eigenvalue weighted by Crippen LogP contribution is 2.40. The molecule has 1 aromatic heterocycles. The van der Waals surface area contributed by atoms with Crippen molar-refractivity contribution in [3.05, 3.63) is 39.4 Å². The Morgan fingerprint density at radius 2 is 2.04 bits per heavy atom. The minimum Gasteiger partial charge on any atom is -0.477 e. The van der Waals surface area contributed by atoms with Gasteiger partial charge in [0.1, 0.15) is 11.4 Å². The van der Waals surface area contributed by atoms with Gasteiger partial charge in [-0.1, -0.05) is 13.8 Å². The molecular formula is C20H24FN3O3. The van der Waals surface area contributed by atoms with Gasteiger partial charge in [-0.05, 0) is 31.2 Å². The van der Waals surface area contributed by atoms with E-state index in [0.29, 0.717) is 24.3 Å². The number of halogens is 1. The third-order valence-corrected chi connectivity index (χ3v) is 6.01. The molecule has 2 aromatic rings. The van der Waals surface area contributed by atoms with E-state index in [1.54, 1.807) is 13.0 Å². The van der Waals surface area contributed by atoms with Crippen LogP contribution in [0.1, 0.15) is 48.7 Å². The molecule has 3 N–H and O–H groups in total. The summed E-state index contributed by atoms with van der Waals surface area (Å²) in [5.41, 5.74) is 6.36. The van der Waals surface area contributed by atoms with Gasteiger partial charge in [0.2, 0.25) is 5.43 Å². The molecule has 6 nitrogen and oxygen atoms in total. The summed E-state index contributed by atoms with van der Waals surface area (Å²) in [6.07, 6.45) is 3.25. The molecule has 1 atom stereocenters. The van der Waals surface area contributed by atoms with Crippen LogP contribution in [0.2, 0.25) is 0 Å². The molecule has 7 heteroatoms. The lowest BCUT2D eigenvalue weighted by molar-refractivity contribution is 0.0695. The summed E-state index contributed by atoms with van der Waals surface area (Å²) in [6.45, 7) is 6.82. The Hall–Kier alpha value is -2.41. The highest BCUT2D eigenvalue weighted by atomic mass is 19.1. The summed E-state index contributed by atoms with van der Waals surface area (Å²) in [5, 5.41) is 9.55. The van der Waals surface area contributed by atoms with Crippen molar-refractivity contribution < 1.29 is 14.3 Å². The second-order valence-corrected chi connectivity index (χ2v) is 8.52. The van der Waals surface area contributed by atoms with Gasteiger partial charge in [0.05, 0.1) is 16.6 Å². The van der Waals surface area contributed by atoms with Gasteiger partial charge in [-0.15, -0.1) is 0 Å². The molecule has 2 fully saturated rings. The summed E-state index contributed by atoms with van der Waals surface area (Å²) >= 11 is 0. The number of hydrogen-bond acceptors (Lipinski definition) is 4. The summed E-state index contributed by atoms with van der Waals surface area (Å²) in [4.78, 5) is 26.2. The number of carboxylic acid groups (broad SMARTS) is 1. The fourth-order valence-electron chi connectivity index (χ4n) is 4.03. The maximum absolute atomic E-state index is 15.2. The molecule has 0 amide bonds. The summed E-state index contributed by atoms with van der Waals surface area (Å²) in [7, 11) is 0. The highest BCUT2D eigenvalue weighted by Gasteiger charge is 2.38. The van der Waals surface area contributed by atoms with Crippen LogP contribution < -0.4 is 16.1 Å². The lowest BCUT2D eigenvalue weighted by Gasteiger charge is -2.24. The van der Waals surface area contributed by atoms with Gasteiger partial charge in [-0.2, -0.15) is 0 Å². The van der Waals surface area contributed by atoms with E-state index in [4.69, 9.17) is 5.73 Å². The number of aryl methyl sites for hydroxylation is 1. The van der Waals surface area contributed by atoms with Crippen molar-refractivity contribution >= 4 is 22.6 Å². The number of rotatable bonds is 3. The average Bonchev–Trinajstić information content (AvgIpc) is 3.37. The quantitative estimate of drug-likeness (QED) is 0.863. The number of hydrogen-bond donors (Lipinski definition) is 2. The van der Waals surface area contributed by atoms with E-state index in [2.05, 4.69) is 13.8 Å². The smallest absolute Gasteiger partial charge is 0.341 e. The summed E-state index contributed by atoms with van der Waals surface area (Å²) in [5.74, 6) is -1.76. The largest absolute Gasteiger partial charge is 0.477 e. The van der Waals surface area contributed by atoms with Crippen molar-refractivity contribution in [1.82, 2.24) is 4.57 Å². The highest BCUT2D eigenvalue weighted by molar-refractivity contribution is 5.95. The molecule has 1 saturated heterocycles. The van der Waals surface area contributed by atoms with Gasteiger partial charge in [-0.3, -0.25) is 4.79 Å². The van der Waals surface area contributed by atoms with Gasteiger partial charge in [-0.25, -0.2) is 9.18 Å². The van der Waals surface area contributed by atoms with Crippen LogP contribution >= 0.6 is 0 Å². The first kappa shape index (κ1) is 18.0. The lowest BCUT2D eigenvalue weighted by Crippen LogP contribution is -2.35. The lowest BCUT2D eigenvalue weighted by atomic mass is 9.89. The first-order valence-electron chi connectivity index (χ1n) is 9.23. The first-order valence-corrected chi connectivity index (χ1v) is 9.23. The van der Waals surface area contributed by atoms with Crippen LogP contribution in [0.3, 0.4) is 0 Å². The number of aromatic nitrogens is 1. The molecule has 2 aliphatic rings. The van der Waals surface area contributed by atoms with Crippen LogP contribution in [0.4, 0.5) is 10.1 Å². The minimum absolute atomic E-state index is 0.0760. The van der Waals surface area contributed by atoms with Crippen LogP contribution in [0.15, 0.2) is 17.1 Å². The number of fused-ring (bicyclic) bond motifs is 1. The zero-order valence-corrected chi connectivity index (χ0v) is 15.8. The molecule has 0 bridgehead atoms. The van der Waals surface area contributed by atoms with Gasteiger partial charge in [0.15, 0.2) is 0 Å². The van der Waals surface area contributed by atoms with Crippen LogP contribution in [-0.2, 0) is 0 Å². The Bertz CT molecular complexity index is 1020. The summed E-state index contributed by atoms with van der Waals surface area (Å²) in [6, 6.07) is 1.77. The molecular weight excluding hydrogens is 349 g/mol. The SMILES string of the molecule is Cc1c(F)c(N2CC(N)C(C)(C)C2)cc2c1c(=O)c(C(=O)O)cn2C1CC1. The van der Waals surface area contributed by atoms with Gasteiger partial charge in [0.25, 0.3) is 0 Å². The summed E-state index contributed by atoms with van der Waals surface area (Å²) < 4.78 is 17.1. The third kappa shape index (κ3) is 2.72. The van der Waals surface area contributed by atoms with Crippen molar-refractivity contribution in [2.75, 3.05) is 18.0 Å². The second-order valence-electron chi connectivity index (χ2n) is 8.52. The Balaban J connectivity index is 1.98. The monoisotopic (exact) mass is 373 g/mol. The molecule has 144 valence electrons. The van der Waals surface area contributed by atoms with Crippen LogP contribution in [0, 0.1) is 18.2 Å². The standard InChI is InChI=1S/C20H24FN3O3/c1-10-16-13(24(11-4-5-11)7-12(18(16)25)19(26)27)6-14(17(10)21)23-8-15(22)20(2,3)9-23/h6-7,11,15H,4-5,8-9,22H2,1-3H3,(H,26,27). The molecule has 0 radical (unpaired) electrons. The molecule has 2 heterocycles. The average molecular weight is 373 g/mol. The van der Waals surface area contributed by atoms with E-state index in [-0.39, 0.29) is 34.0 Å². The maximum Gasteiger partial charge on any atom is 0.341 e. The molecule has 1 aliphatic carbocycles. The van der Waals surface area contributed by atoms with Crippen LogP contribution in [0.5, 0.6) is 0 Å². The number of carboxylic acids is 1. The van der Waals surface area contributed by atoms with E-state index in [9.17, 15) is 14.7 Å². The predicted octanol–water partition coefficient (Wildman–Crippen LogP) is 2.66. The van der Waals surface area contributed by atoms with E-state index >= 15 is 4.39 Å². The van der Waals surface area contributed by atoms with E-state index in [1.807, 2.05) is 9.47 Å². The normalized spacial score (nSPS) is 21.8. The predicted molar refractivity (Wildman–Crippen MR) is 102 cm³/mol. The van der Waals surface area contributed by atoms with Crippen LogP contribution in [-0.4, -0.2) is 34.8 Å². The Kier molecular flexibility index (Phi) is 3.86. The zero-order valence-electron chi connectivity index (χ0n) is 15.8. The minimum atomic E-state index is -1.28. The fourth-order valence-corrected chi connectivity index (χ4v) is 4.03. The topological polar surface area (TPSA) is 88.6 Å². The number of nitrogens with zero attached hydrogens (tertiary/aromatic N) is 2. The molecule has 1 aromatic carbocycles. The zero-order chi connectivity index (χ0) is 19.7. The van der Waals surface area contributed by atoms with Crippen molar-refractivity contribution in [3.8, 4) is 0 Å². The maximum atomic E-state index is 15.2. The number of anilines is 1. The van der Waals surface area contributed by atoms with E-state index < -0.39 is 17.2 Å². The Labute approximate surface area is 156 Å². The van der Waals surface area contributed by atoms with Crippen molar-refractivity contribution in [1.29, 1.82) is 0 Å². The van der Waals surface area contributed by atoms with Crippen LogP contribution in [0.25, 0.3) is 10.9 Å². The van der Waals surface area contributed by atoms with Crippen molar-refractivity contribution in [2.24, 2.45) is 11.1 Å². The molecule has 27 heavy (non-hydrogen) atoms. The molecule has 1 saturated carbocycles. The van der Waals surface area contributed by atoms with E-state index in [1.165, 1.54) is 6.20 Å². The molecule has 1 unspecified atom stereocenters. The van der Waals surface area contributed by atoms with Gasteiger partial charge >= 0.3 is 5.97 Å². The molecule has 1 aliphatic heterocycles. The Morgan fingerprint density at radius 1 is 1.37 bits per heavy atom. The first-order chi connectivity index (χ1) is 12.6. The molecule has 4 rings (SSSR count). The van der Waals surface area contributed by atoms with Crippen molar-refractivity contribution in [3.63, 3.8) is 0 Å². The fraction of sp³-hybridized carbons (Fsp3) is 0.500. The number of nitrogens with two attached hydrogens (primary N) is 1. The third-order valence-electron chi connectivity index (χ3n) is 6.01. The molecule has 0 spiro atoms. The number of aromatic carboxylic acids is 1. The number of pyridine rings is 1.